The fourth-order valence-corrected chi connectivity index (χ4v) is 5.19. The minimum Gasteiger partial charge on any atom is -0.444 e. The molecule has 0 saturated carbocycles. The van der Waals surface area contributed by atoms with Crippen molar-refractivity contribution in [3.8, 4) is 0 Å². The van der Waals surface area contributed by atoms with E-state index in [1.807, 2.05) is 83.1 Å². The van der Waals surface area contributed by atoms with Gasteiger partial charge in [-0.3, -0.25) is 4.31 Å². The molecule has 0 aliphatic heterocycles. The molecule has 2 aromatic rings. The van der Waals surface area contributed by atoms with E-state index < -0.39 is 27.3 Å². The standard InChI is InChI=1S/C27H39BrN2O5S/c1-7-13-30(36(6,32)33)24-15-22(18-28)14-23(16-24)19-34-20-27(5,17-21-11-9-8-10-12-21)29-25(31)35-26(2,3)4/h8-12,14-16H,7,13,17-20H2,1-6H3,(H,29,31). The van der Waals surface area contributed by atoms with Crippen molar-refractivity contribution in [3.63, 3.8) is 0 Å². The molecule has 1 unspecified atom stereocenters. The summed E-state index contributed by atoms with van der Waals surface area (Å²) < 4.78 is 37.8. The molecular formula is C27H39BrN2O5S. The summed E-state index contributed by atoms with van der Waals surface area (Å²) in [7, 11) is -3.41. The largest absolute Gasteiger partial charge is 0.444 e. The van der Waals surface area contributed by atoms with Crippen LogP contribution in [0.5, 0.6) is 0 Å². The van der Waals surface area contributed by atoms with E-state index in [1.54, 1.807) is 0 Å². The molecule has 1 N–H and O–H groups in total. The molecule has 0 bridgehead atoms. The monoisotopic (exact) mass is 582 g/mol. The predicted molar refractivity (Wildman–Crippen MR) is 149 cm³/mol. The van der Waals surface area contributed by atoms with Gasteiger partial charge in [0, 0.05) is 11.9 Å². The molecule has 36 heavy (non-hydrogen) atoms. The van der Waals surface area contributed by atoms with Crippen LogP contribution in [0.2, 0.25) is 0 Å². The molecule has 1 atom stereocenters. The molecule has 0 fully saturated rings. The van der Waals surface area contributed by atoms with Crippen molar-refractivity contribution in [2.45, 2.75) is 70.5 Å². The first-order valence-electron chi connectivity index (χ1n) is 12.0. The number of anilines is 1. The summed E-state index contributed by atoms with van der Waals surface area (Å²) in [5.74, 6) is 0. The van der Waals surface area contributed by atoms with Crippen molar-refractivity contribution in [2.75, 3.05) is 23.7 Å². The number of alkyl carbamates (subject to hydrolysis) is 1. The van der Waals surface area contributed by atoms with E-state index in [1.165, 1.54) is 10.6 Å². The number of benzene rings is 2. The molecule has 7 nitrogen and oxygen atoms in total. The number of halogens is 1. The summed E-state index contributed by atoms with van der Waals surface area (Å²) in [6.07, 6.45) is 1.97. The van der Waals surface area contributed by atoms with Crippen LogP contribution in [0.1, 0.15) is 57.7 Å². The highest BCUT2D eigenvalue weighted by Crippen LogP contribution is 2.25. The first-order valence-corrected chi connectivity index (χ1v) is 15.0. The fraction of sp³-hybridized carbons (Fsp3) is 0.519. The third-order valence-electron chi connectivity index (χ3n) is 5.24. The molecule has 200 valence electrons. The maximum absolute atomic E-state index is 12.6. The third-order valence-corrected chi connectivity index (χ3v) is 7.08. The average Bonchev–Trinajstić information content (AvgIpc) is 2.75. The maximum atomic E-state index is 12.6. The SMILES string of the molecule is CCCN(c1cc(CBr)cc(COCC(C)(Cc2ccccc2)NC(=O)OC(C)(C)C)c1)S(C)(=O)=O. The molecule has 0 aliphatic rings. The number of nitrogens with zero attached hydrogens (tertiary/aromatic N) is 1. The van der Waals surface area contributed by atoms with E-state index >= 15 is 0 Å². The molecule has 2 aromatic carbocycles. The van der Waals surface area contributed by atoms with Crippen LogP contribution < -0.4 is 9.62 Å². The summed E-state index contributed by atoms with van der Waals surface area (Å²) in [5.41, 5.74) is 2.15. The van der Waals surface area contributed by atoms with E-state index in [-0.39, 0.29) is 13.2 Å². The zero-order valence-electron chi connectivity index (χ0n) is 22.1. The second-order valence-corrected chi connectivity index (χ2v) is 12.8. The number of carbonyl (C=O) groups excluding carboxylic acids is 1. The minimum atomic E-state index is -3.41. The number of ether oxygens (including phenoxy) is 2. The Morgan fingerprint density at radius 1 is 1.03 bits per heavy atom. The number of hydrogen-bond donors (Lipinski definition) is 1. The van der Waals surface area contributed by atoms with E-state index in [0.29, 0.717) is 30.4 Å². The van der Waals surface area contributed by atoms with Crippen molar-refractivity contribution in [1.82, 2.24) is 5.32 Å². The quantitative estimate of drug-likeness (QED) is 0.320. The molecule has 0 saturated heterocycles. The van der Waals surface area contributed by atoms with E-state index in [4.69, 9.17) is 9.47 Å². The molecule has 0 spiro atoms. The van der Waals surface area contributed by atoms with Gasteiger partial charge in [0.1, 0.15) is 5.60 Å². The zero-order valence-corrected chi connectivity index (χ0v) is 24.5. The Balaban J connectivity index is 2.23. The smallest absolute Gasteiger partial charge is 0.408 e. The highest BCUT2D eigenvalue weighted by Gasteiger charge is 2.30. The first kappa shape index (κ1) is 30.1. The van der Waals surface area contributed by atoms with Gasteiger partial charge < -0.3 is 14.8 Å². The van der Waals surface area contributed by atoms with Gasteiger partial charge in [-0.25, -0.2) is 13.2 Å². The molecule has 0 heterocycles. The van der Waals surface area contributed by atoms with Gasteiger partial charge in [-0.15, -0.1) is 0 Å². The van der Waals surface area contributed by atoms with Crippen molar-refractivity contribution < 1.29 is 22.7 Å². The van der Waals surface area contributed by atoms with Gasteiger partial charge in [0.15, 0.2) is 0 Å². The molecule has 0 radical (unpaired) electrons. The third kappa shape index (κ3) is 10.1. The minimum absolute atomic E-state index is 0.236. The Morgan fingerprint density at radius 2 is 1.67 bits per heavy atom. The van der Waals surface area contributed by atoms with Crippen LogP contribution >= 0.6 is 15.9 Å². The second-order valence-electron chi connectivity index (χ2n) is 10.3. The first-order chi connectivity index (χ1) is 16.7. The summed E-state index contributed by atoms with van der Waals surface area (Å²) in [4.78, 5) is 12.6. The fourth-order valence-electron chi connectivity index (χ4n) is 3.86. The Bertz CT molecular complexity index is 1100. The second kappa shape index (κ2) is 12.9. The number of carbonyl (C=O) groups is 1. The lowest BCUT2D eigenvalue weighted by Crippen LogP contribution is -2.52. The molecule has 0 aromatic heterocycles. The Morgan fingerprint density at radius 3 is 2.22 bits per heavy atom. The van der Waals surface area contributed by atoms with Crippen LogP contribution in [0, 0.1) is 0 Å². The summed E-state index contributed by atoms with van der Waals surface area (Å²) in [5, 5.41) is 3.58. The lowest BCUT2D eigenvalue weighted by atomic mass is 9.93. The predicted octanol–water partition coefficient (Wildman–Crippen LogP) is 5.80. The molecule has 9 heteroatoms. The molecular weight excluding hydrogens is 544 g/mol. The Kier molecular flexibility index (Phi) is 10.8. The Hall–Kier alpha value is -2.10. The van der Waals surface area contributed by atoms with Gasteiger partial charge in [-0.1, -0.05) is 59.3 Å². The van der Waals surface area contributed by atoms with Crippen molar-refractivity contribution in [2.24, 2.45) is 0 Å². The van der Waals surface area contributed by atoms with Crippen LogP contribution in [0.3, 0.4) is 0 Å². The molecule has 2 rings (SSSR count). The average molecular weight is 584 g/mol. The zero-order chi connectivity index (χ0) is 27.0. The lowest BCUT2D eigenvalue weighted by Gasteiger charge is -2.32. The van der Waals surface area contributed by atoms with Gasteiger partial charge >= 0.3 is 6.09 Å². The van der Waals surface area contributed by atoms with Gasteiger partial charge in [0.05, 0.1) is 30.7 Å². The van der Waals surface area contributed by atoms with Crippen molar-refractivity contribution in [1.29, 1.82) is 0 Å². The number of alkyl halides is 1. The highest BCUT2D eigenvalue weighted by molar-refractivity contribution is 9.08. The van der Waals surface area contributed by atoms with Gasteiger partial charge in [0.25, 0.3) is 0 Å². The summed E-state index contributed by atoms with van der Waals surface area (Å²) in [6.45, 7) is 10.2. The summed E-state index contributed by atoms with van der Waals surface area (Å²) in [6, 6.07) is 15.6. The van der Waals surface area contributed by atoms with Crippen LogP contribution in [0.4, 0.5) is 10.5 Å². The lowest BCUT2D eigenvalue weighted by molar-refractivity contribution is 0.0287. The van der Waals surface area contributed by atoms with Crippen molar-refractivity contribution in [3.05, 3.63) is 65.2 Å². The van der Waals surface area contributed by atoms with E-state index in [9.17, 15) is 13.2 Å². The molecule has 0 aliphatic carbocycles. The van der Waals surface area contributed by atoms with E-state index in [0.717, 1.165) is 16.7 Å². The van der Waals surface area contributed by atoms with Crippen LogP contribution in [0.15, 0.2) is 48.5 Å². The van der Waals surface area contributed by atoms with Crippen LogP contribution in [-0.2, 0) is 37.9 Å². The number of nitrogens with one attached hydrogen (secondary N) is 1. The Labute approximate surface area is 224 Å². The number of sulfonamides is 1. The number of amides is 1. The maximum Gasteiger partial charge on any atom is 0.408 e. The van der Waals surface area contributed by atoms with Crippen LogP contribution in [-0.4, -0.2) is 45.1 Å². The normalized spacial score (nSPS) is 13.6. The van der Waals surface area contributed by atoms with Gasteiger partial charge in [-0.2, -0.15) is 0 Å². The number of rotatable bonds is 12. The van der Waals surface area contributed by atoms with Gasteiger partial charge in [0.2, 0.25) is 10.0 Å². The van der Waals surface area contributed by atoms with Crippen molar-refractivity contribution >= 4 is 37.7 Å². The van der Waals surface area contributed by atoms with Gasteiger partial charge in [-0.05, 0) is 69.4 Å². The summed E-state index contributed by atoms with van der Waals surface area (Å²) >= 11 is 3.48. The topological polar surface area (TPSA) is 84.9 Å². The number of hydrogen-bond acceptors (Lipinski definition) is 5. The van der Waals surface area contributed by atoms with E-state index in [2.05, 4.69) is 21.2 Å². The molecule has 1 amide bonds. The van der Waals surface area contributed by atoms with Crippen LogP contribution in [0.25, 0.3) is 0 Å². The highest BCUT2D eigenvalue weighted by atomic mass is 79.9.